The van der Waals surface area contributed by atoms with Crippen molar-refractivity contribution in [3.05, 3.63) is 27.4 Å². The van der Waals surface area contributed by atoms with Crippen LogP contribution < -0.4 is 10.9 Å². The van der Waals surface area contributed by atoms with Crippen LogP contribution in [0.5, 0.6) is 0 Å². The molecule has 2 N–H and O–H groups in total. The fourth-order valence-electron chi connectivity index (χ4n) is 3.79. The molecule has 0 radical (unpaired) electrons. The standard InChI is InChI=1S/C16H24N4O2/c1-11-13(15(22)19-12(2)18-11)8-14(21)20-7-3-4-16(10-20)5-6-17-9-16/h17H,3-10H2,1-2H3,(H,18,19,22). The molecule has 1 atom stereocenters. The van der Waals surface area contributed by atoms with Gasteiger partial charge in [-0.1, -0.05) is 0 Å². The van der Waals surface area contributed by atoms with Crippen molar-refractivity contribution in [2.24, 2.45) is 5.41 Å². The third kappa shape index (κ3) is 2.92. The number of hydrogen-bond acceptors (Lipinski definition) is 4. The highest BCUT2D eigenvalue weighted by atomic mass is 16.2. The first-order chi connectivity index (χ1) is 10.5. The minimum absolute atomic E-state index is 0.0465. The molecule has 2 aliphatic heterocycles. The van der Waals surface area contributed by atoms with Gasteiger partial charge in [0.1, 0.15) is 5.82 Å². The number of hydrogen-bond donors (Lipinski definition) is 2. The molecule has 0 bridgehead atoms. The van der Waals surface area contributed by atoms with E-state index in [9.17, 15) is 9.59 Å². The van der Waals surface area contributed by atoms with E-state index in [-0.39, 0.29) is 23.3 Å². The zero-order chi connectivity index (χ0) is 15.7. The quantitative estimate of drug-likeness (QED) is 0.835. The lowest BCUT2D eigenvalue weighted by molar-refractivity contribution is -0.133. The lowest BCUT2D eigenvalue weighted by Crippen LogP contribution is -2.48. The number of H-pyrrole nitrogens is 1. The van der Waals surface area contributed by atoms with Crippen LogP contribution in [-0.2, 0) is 11.2 Å². The Balaban J connectivity index is 1.73. The predicted octanol–water partition coefficient (Wildman–Crippen LogP) is 0.531. The predicted molar refractivity (Wildman–Crippen MR) is 83.8 cm³/mol. The highest BCUT2D eigenvalue weighted by Gasteiger charge is 2.39. The molecule has 0 aliphatic carbocycles. The van der Waals surface area contributed by atoms with Crippen molar-refractivity contribution in [3.63, 3.8) is 0 Å². The van der Waals surface area contributed by atoms with Crippen molar-refractivity contribution in [1.29, 1.82) is 0 Å². The second kappa shape index (κ2) is 5.83. The Morgan fingerprint density at radius 3 is 2.86 bits per heavy atom. The van der Waals surface area contributed by atoms with Gasteiger partial charge in [-0.15, -0.1) is 0 Å². The monoisotopic (exact) mass is 304 g/mol. The molecule has 3 rings (SSSR count). The van der Waals surface area contributed by atoms with Gasteiger partial charge in [0.15, 0.2) is 0 Å². The van der Waals surface area contributed by atoms with Gasteiger partial charge < -0.3 is 15.2 Å². The normalized spacial score (nSPS) is 24.9. The van der Waals surface area contributed by atoms with Crippen molar-refractivity contribution in [1.82, 2.24) is 20.2 Å². The van der Waals surface area contributed by atoms with Crippen LogP contribution in [0.2, 0.25) is 0 Å². The van der Waals surface area contributed by atoms with Gasteiger partial charge in [0.05, 0.1) is 6.42 Å². The van der Waals surface area contributed by atoms with Crippen molar-refractivity contribution in [2.45, 2.75) is 39.5 Å². The average Bonchev–Trinajstić information content (AvgIpc) is 2.90. The number of amides is 1. The van der Waals surface area contributed by atoms with Gasteiger partial charge in [-0.2, -0.15) is 0 Å². The molecule has 0 aromatic carbocycles. The van der Waals surface area contributed by atoms with E-state index in [4.69, 9.17) is 0 Å². The van der Waals surface area contributed by atoms with Crippen molar-refractivity contribution < 1.29 is 4.79 Å². The molecule has 120 valence electrons. The van der Waals surface area contributed by atoms with E-state index in [0.29, 0.717) is 17.1 Å². The minimum Gasteiger partial charge on any atom is -0.342 e. The van der Waals surface area contributed by atoms with E-state index in [1.807, 2.05) is 4.90 Å². The molecule has 2 fully saturated rings. The molecule has 3 heterocycles. The van der Waals surface area contributed by atoms with Crippen LogP contribution in [0.4, 0.5) is 0 Å². The molecule has 6 heteroatoms. The molecule has 1 spiro atoms. The number of piperidine rings is 1. The number of rotatable bonds is 2. The summed E-state index contributed by atoms with van der Waals surface area (Å²) in [5.41, 5.74) is 1.22. The number of aromatic amines is 1. The maximum absolute atomic E-state index is 12.6. The summed E-state index contributed by atoms with van der Waals surface area (Å²) in [7, 11) is 0. The molecule has 1 amide bonds. The first-order valence-corrected chi connectivity index (χ1v) is 8.04. The number of carbonyl (C=O) groups excluding carboxylic acids is 1. The zero-order valence-electron chi connectivity index (χ0n) is 13.4. The van der Waals surface area contributed by atoms with Gasteiger partial charge in [0.25, 0.3) is 5.56 Å². The lowest BCUT2D eigenvalue weighted by Gasteiger charge is -2.40. The van der Waals surface area contributed by atoms with E-state index in [1.54, 1.807) is 13.8 Å². The van der Waals surface area contributed by atoms with Crippen LogP contribution in [0.15, 0.2) is 4.79 Å². The summed E-state index contributed by atoms with van der Waals surface area (Å²) in [6, 6.07) is 0. The number of aromatic nitrogens is 2. The van der Waals surface area contributed by atoms with Crippen molar-refractivity contribution >= 4 is 5.91 Å². The van der Waals surface area contributed by atoms with Crippen molar-refractivity contribution in [2.75, 3.05) is 26.2 Å². The van der Waals surface area contributed by atoms with E-state index >= 15 is 0 Å². The lowest BCUT2D eigenvalue weighted by atomic mass is 9.79. The van der Waals surface area contributed by atoms with E-state index < -0.39 is 0 Å². The van der Waals surface area contributed by atoms with Gasteiger partial charge >= 0.3 is 0 Å². The summed E-state index contributed by atoms with van der Waals surface area (Å²) in [5, 5.41) is 3.41. The largest absolute Gasteiger partial charge is 0.342 e. The van der Waals surface area contributed by atoms with Crippen LogP contribution in [-0.4, -0.2) is 47.0 Å². The molecule has 2 saturated heterocycles. The van der Waals surface area contributed by atoms with Gasteiger partial charge in [0.2, 0.25) is 5.91 Å². The first kappa shape index (κ1) is 15.2. The fourth-order valence-corrected chi connectivity index (χ4v) is 3.79. The third-order valence-electron chi connectivity index (χ3n) is 5.01. The summed E-state index contributed by atoms with van der Waals surface area (Å²) in [6.45, 7) is 7.21. The highest BCUT2D eigenvalue weighted by molar-refractivity contribution is 5.79. The maximum Gasteiger partial charge on any atom is 0.254 e. The zero-order valence-corrected chi connectivity index (χ0v) is 13.4. The Labute approximate surface area is 130 Å². The second-order valence-electron chi connectivity index (χ2n) is 6.74. The Morgan fingerprint density at radius 1 is 1.36 bits per heavy atom. The Hall–Kier alpha value is -1.69. The maximum atomic E-state index is 12.6. The van der Waals surface area contributed by atoms with Crippen LogP contribution in [0.1, 0.15) is 36.3 Å². The minimum atomic E-state index is -0.187. The molecule has 1 unspecified atom stereocenters. The van der Waals surface area contributed by atoms with Gasteiger partial charge in [0, 0.05) is 36.3 Å². The van der Waals surface area contributed by atoms with Crippen molar-refractivity contribution in [3.8, 4) is 0 Å². The van der Waals surface area contributed by atoms with Crippen LogP contribution >= 0.6 is 0 Å². The molecular formula is C16H24N4O2. The van der Waals surface area contributed by atoms with E-state index in [2.05, 4.69) is 15.3 Å². The molecule has 6 nitrogen and oxygen atoms in total. The molecule has 2 aliphatic rings. The first-order valence-electron chi connectivity index (χ1n) is 8.04. The summed E-state index contributed by atoms with van der Waals surface area (Å²) in [4.78, 5) is 33.6. The molecule has 0 saturated carbocycles. The number of nitrogens with one attached hydrogen (secondary N) is 2. The molecule has 1 aromatic rings. The average molecular weight is 304 g/mol. The molecule has 1 aromatic heterocycles. The molecule has 22 heavy (non-hydrogen) atoms. The summed E-state index contributed by atoms with van der Waals surface area (Å²) in [5.74, 6) is 0.637. The van der Waals surface area contributed by atoms with E-state index in [0.717, 1.165) is 39.0 Å². The van der Waals surface area contributed by atoms with Crippen LogP contribution in [0.25, 0.3) is 0 Å². The second-order valence-corrected chi connectivity index (χ2v) is 6.74. The molecular weight excluding hydrogens is 280 g/mol. The smallest absolute Gasteiger partial charge is 0.254 e. The Bertz CT molecular complexity index is 632. The Morgan fingerprint density at radius 2 is 2.18 bits per heavy atom. The summed E-state index contributed by atoms with van der Waals surface area (Å²) < 4.78 is 0. The van der Waals surface area contributed by atoms with E-state index in [1.165, 1.54) is 6.42 Å². The highest BCUT2D eigenvalue weighted by Crippen LogP contribution is 2.35. The Kier molecular flexibility index (Phi) is 4.04. The summed E-state index contributed by atoms with van der Waals surface area (Å²) >= 11 is 0. The van der Waals surface area contributed by atoms with Gasteiger partial charge in [-0.05, 0) is 39.7 Å². The number of likely N-dealkylation sites (tertiary alicyclic amines) is 1. The SMILES string of the molecule is Cc1nc(C)c(CC(=O)N2CCCC3(CCNC3)C2)c(=O)[nH]1. The van der Waals surface area contributed by atoms with Gasteiger partial charge in [-0.25, -0.2) is 4.98 Å². The fraction of sp³-hybridized carbons (Fsp3) is 0.688. The number of aryl methyl sites for hydroxylation is 2. The van der Waals surface area contributed by atoms with Gasteiger partial charge in [-0.3, -0.25) is 9.59 Å². The third-order valence-corrected chi connectivity index (χ3v) is 5.01. The van der Waals surface area contributed by atoms with Crippen LogP contribution in [0.3, 0.4) is 0 Å². The number of nitrogens with zero attached hydrogens (tertiary/aromatic N) is 2. The van der Waals surface area contributed by atoms with Crippen LogP contribution in [0, 0.1) is 19.3 Å². The topological polar surface area (TPSA) is 78.1 Å². The number of carbonyl (C=O) groups is 1. The summed E-state index contributed by atoms with van der Waals surface area (Å²) in [6.07, 6.45) is 3.53.